The van der Waals surface area contributed by atoms with E-state index < -0.39 is 0 Å². The van der Waals surface area contributed by atoms with Gasteiger partial charge in [-0.05, 0) is 37.1 Å². The second-order valence-corrected chi connectivity index (χ2v) is 4.41. The molecular weight excluding hydrogens is 238 g/mol. The van der Waals surface area contributed by atoms with Crippen molar-refractivity contribution in [3.8, 4) is 11.9 Å². The Labute approximate surface area is 110 Å². The van der Waals surface area contributed by atoms with Crippen molar-refractivity contribution in [2.75, 3.05) is 0 Å². The van der Waals surface area contributed by atoms with Gasteiger partial charge >= 0.3 is 0 Å². The molecule has 0 aliphatic carbocycles. The highest BCUT2D eigenvalue weighted by atomic mass is 15.1. The predicted octanol–water partition coefficient (Wildman–Crippen LogP) is 2.30. The fourth-order valence-corrected chi connectivity index (χ4v) is 1.95. The van der Waals surface area contributed by atoms with E-state index in [2.05, 4.69) is 40.9 Å². The van der Waals surface area contributed by atoms with Crippen LogP contribution in [-0.2, 0) is 0 Å². The largest absolute Gasteiger partial charge is 0.282 e. The summed E-state index contributed by atoms with van der Waals surface area (Å²) in [7, 11) is 0. The zero-order chi connectivity index (χ0) is 13.4. The minimum absolute atomic E-state index is 0.306. The molecule has 0 saturated heterocycles. The summed E-state index contributed by atoms with van der Waals surface area (Å²) in [6.07, 6.45) is 4.76. The average molecular weight is 249 g/mol. The Bertz CT molecular complexity index is 793. The summed E-state index contributed by atoms with van der Waals surface area (Å²) < 4.78 is 1.87. The lowest BCUT2D eigenvalue weighted by atomic mass is 10.1. The van der Waals surface area contributed by atoms with Gasteiger partial charge in [0.15, 0.2) is 11.5 Å². The number of imidazole rings is 1. The smallest absolute Gasteiger partial charge is 0.158 e. The van der Waals surface area contributed by atoms with Crippen LogP contribution in [-0.4, -0.2) is 19.5 Å². The van der Waals surface area contributed by atoms with Gasteiger partial charge in [0.2, 0.25) is 0 Å². The number of hydrogen-bond donors (Lipinski definition) is 0. The zero-order valence-electron chi connectivity index (χ0n) is 10.6. The molecule has 0 aliphatic rings. The lowest BCUT2D eigenvalue weighted by molar-refractivity contribution is 0.988. The van der Waals surface area contributed by atoms with Crippen LogP contribution in [0.15, 0.2) is 30.9 Å². The molecule has 5 nitrogen and oxygen atoms in total. The first-order valence-electron chi connectivity index (χ1n) is 5.86. The molecule has 0 atom stereocenters. The maximum atomic E-state index is 8.73. The molecule has 0 amide bonds. The molecule has 3 rings (SSSR count). The zero-order valence-corrected chi connectivity index (χ0v) is 10.6. The van der Waals surface area contributed by atoms with Gasteiger partial charge in [0.05, 0.1) is 23.4 Å². The number of aryl methyl sites for hydroxylation is 2. The van der Waals surface area contributed by atoms with Gasteiger partial charge in [-0.1, -0.05) is 0 Å². The van der Waals surface area contributed by atoms with E-state index in [9.17, 15) is 0 Å². The second kappa shape index (κ2) is 4.18. The minimum Gasteiger partial charge on any atom is -0.282 e. The molecule has 92 valence electrons. The van der Waals surface area contributed by atoms with Gasteiger partial charge in [0.25, 0.3) is 0 Å². The maximum absolute atomic E-state index is 8.73. The number of nitrogens with zero attached hydrogens (tertiary/aromatic N) is 5. The highest BCUT2D eigenvalue weighted by molar-refractivity contribution is 5.78. The average Bonchev–Trinajstić information content (AvgIpc) is 2.82. The molecule has 0 spiro atoms. The molecule has 2 heterocycles. The monoisotopic (exact) mass is 249 g/mol. The first kappa shape index (κ1) is 11.4. The molecule has 0 fully saturated rings. The van der Waals surface area contributed by atoms with Crippen LogP contribution in [0.5, 0.6) is 0 Å². The van der Waals surface area contributed by atoms with Crippen molar-refractivity contribution in [2.45, 2.75) is 13.8 Å². The SMILES string of the molecule is Cc1cc2ncn(-c3cnc(C#N)cn3)c2cc1C. The molecule has 2 aromatic heterocycles. The second-order valence-electron chi connectivity index (χ2n) is 4.41. The first-order chi connectivity index (χ1) is 9.19. The molecule has 0 unspecified atom stereocenters. The Hall–Kier alpha value is -2.74. The molecule has 0 N–H and O–H groups in total. The third-order valence-electron chi connectivity index (χ3n) is 3.16. The lowest BCUT2D eigenvalue weighted by Gasteiger charge is -2.04. The number of nitriles is 1. The van der Waals surface area contributed by atoms with E-state index in [1.165, 1.54) is 17.3 Å². The van der Waals surface area contributed by atoms with Crippen LogP contribution in [0.1, 0.15) is 16.8 Å². The standard InChI is InChI=1S/C14H11N5/c1-9-3-12-13(4-10(9)2)19(8-18-12)14-7-16-11(5-15)6-17-14/h3-4,6-8H,1-2H3. The van der Waals surface area contributed by atoms with Crippen molar-refractivity contribution in [3.63, 3.8) is 0 Å². The van der Waals surface area contributed by atoms with E-state index in [0.717, 1.165) is 11.0 Å². The molecule has 0 saturated carbocycles. The van der Waals surface area contributed by atoms with Crippen LogP contribution in [0.4, 0.5) is 0 Å². The number of benzene rings is 1. The molecular formula is C14H11N5. The highest BCUT2D eigenvalue weighted by Crippen LogP contribution is 2.20. The van der Waals surface area contributed by atoms with E-state index in [1.807, 2.05) is 10.6 Å². The van der Waals surface area contributed by atoms with Crippen molar-refractivity contribution >= 4 is 11.0 Å². The highest BCUT2D eigenvalue weighted by Gasteiger charge is 2.08. The van der Waals surface area contributed by atoms with Crippen molar-refractivity contribution in [2.24, 2.45) is 0 Å². The third kappa shape index (κ3) is 1.83. The minimum atomic E-state index is 0.306. The van der Waals surface area contributed by atoms with Crippen LogP contribution < -0.4 is 0 Å². The molecule has 5 heteroatoms. The van der Waals surface area contributed by atoms with Crippen LogP contribution in [0.25, 0.3) is 16.9 Å². The molecule has 1 aromatic carbocycles. The Morgan fingerprint density at radius 1 is 1.05 bits per heavy atom. The Morgan fingerprint density at radius 3 is 2.53 bits per heavy atom. The lowest BCUT2D eigenvalue weighted by Crippen LogP contribution is -1.98. The number of fused-ring (bicyclic) bond motifs is 1. The molecule has 0 radical (unpaired) electrons. The quantitative estimate of drug-likeness (QED) is 0.663. The van der Waals surface area contributed by atoms with Gasteiger partial charge in [-0.3, -0.25) is 4.57 Å². The van der Waals surface area contributed by atoms with Gasteiger partial charge in [-0.25, -0.2) is 15.0 Å². The van der Waals surface area contributed by atoms with Crippen LogP contribution >= 0.6 is 0 Å². The Morgan fingerprint density at radius 2 is 1.84 bits per heavy atom. The summed E-state index contributed by atoms with van der Waals surface area (Å²) in [4.78, 5) is 12.6. The summed E-state index contributed by atoms with van der Waals surface area (Å²) in [5.74, 6) is 0.657. The van der Waals surface area contributed by atoms with E-state index in [-0.39, 0.29) is 0 Å². The van der Waals surface area contributed by atoms with Crippen LogP contribution in [0.2, 0.25) is 0 Å². The van der Waals surface area contributed by atoms with Gasteiger partial charge in [0, 0.05) is 0 Å². The third-order valence-corrected chi connectivity index (χ3v) is 3.16. The van der Waals surface area contributed by atoms with Gasteiger partial charge < -0.3 is 0 Å². The molecule has 3 aromatic rings. The van der Waals surface area contributed by atoms with Crippen molar-refractivity contribution in [3.05, 3.63) is 47.7 Å². The first-order valence-corrected chi connectivity index (χ1v) is 5.86. The normalized spacial score (nSPS) is 10.6. The summed E-state index contributed by atoms with van der Waals surface area (Å²) in [5, 5.41) is 8.73. The fourth-order valence-electron chi connectivity index (χ4n) is 1.95. The van der Waals surface area contributed by atoms with E-state index in [1.54, 1.807) is 12.5 Å². The predicted molar refractivity (Wildman–Crippen MR) is 70.8 cm³/mol. The number of hydrogen-bond acceptors (Lipinski definition) is 4. The summed E-state index contributed by atoms with van der Waals surface area (Å²) in [6.45, 7) is 4.13. The van der Waals surface area contributed by atoms with E-state index in [4.69, 9.17) is 5.26 Å². The van der Waals surface area contributed by atoms with E-state index >= 15 is 0 Å². The van der Waals surface area contributed by atoms with Gasteiger partial charge in [-0.15, -0.1) is 0 Å². The van der Waals surface area contributed by atoms with Crippen LogP contribution in [0, 0.1) is 25.2 Å². The van der Waals surface area contributed by atoms with E-state index in [0.29, 0.717) is 11.5 Å². The maximum Gasteiger partial charge on any atom is 0.158 e. The summed E-state index contributed by atoms with van der Waals surface area (Å²) in [6, 6.07) is 6.09. The fraction of sp³-hybridized carbons (Fsp3) is 0.143. The summed E-state index contributed by atoms with van der Waals surface area (Å²) >= 11 is 0. The Kier molecular flexibility index (Phi) is 2.50. The van der Waals surface area contributed by atoms with Crippen LogP contribution in [0.3, 0.4) is 0 Å². The molecule has 0 aliphatic heterocycles. The molecule has 0 bridgehead atoms. The topological polar surface area (TPSA) is 67.4 Å². The summed E-state index contributed by atoms with van der Waals surface area (Å²) in [5.41, 5.74) is 4.64. The van der Waals surface area contributed by atoms with Crippen molar-refractivity contribution in [1.82, 2.24) is 19.5 Å². The van der Waals surface area contributed by atoms with Crippen molar-refractivity contribution < 1.29 is 0 Å². The van der Waals surface area contributed by atoms with Crippen molar-refractivity contribution in [1.29, 1.82) is 5.26 Å². The Balaban J connectivity index is 2.19. The molecule has 19 heavy (non-hydrogen) atoms. The number of rotatable bonds is 1. The van der Waals surface area contributed by atoms with Gasteiger partial charge in [0.1, 0.15) is 12.4 Å². The van der Waals surface area contributed by atoms with Gasteiger partial charge in [-0.2, -0.15) is 5.26 Å². The number of aromatic nitrogens is 4.